The summed E-state index contributed by atoms with van der Waals surface area (Å²) in [5.41, 5.74) is 1.02. The van der Waals surface area contributed by atoms with Gasteiger partial charge in [0.05, 0.1) is 0 Å². The van der Waals surface area contributed by atoms with Gasteiger partial charge in [0.2, 0.25) is 5.12 Å². The van der Waals surface area contributed by atoms with Gasteiger partial charge in [-0.15, -0.1) is 0 Å². The highest BCUT2D eigenvalue weighted by atomic mass is 35.5. The Balaban J connectivity index is 2.48. The van der Waals surface area contributed by atoms with Gasteiger partial charge in [0.15, 0.2) is 0 Å². The Morgan fingerprint density at radius 2 is 2.56 bits per heavy atom. The fourth-order valence-corrected chi connectivity index (χ4v) is 1.18. The van der Waals surface area contributed by atoms with Gasteiger partial charge in [0.1, 0.15) is 0 Å². The zero-order valence-electron chi connectivity index (χ0n) is 4.63. The first-order valence-corrected chi connectivity index (χ1v) is 3.08. The van der Waals surface area contributed by atoms with Crippen LogP contribution >= 0.6 is 11.6 Å². The first-order chi connectivity index (χ1) is 4.31. The Morgan fingerprint density at radius 1 is 1.67 bits per heavy atom. The molecular weight excluding hydrogens is 136 g/mol. The van der Waals surface area contributed by atoms with Crippen molar-refractivity contribution in [2.75, 3.05) is 0 Å². The van der Waals surface area contributed by atoms with E-state index in [4.69, 9.17) is 11.6 Å². The molecule has 0 aliphatic carbocycles. The molecule has 0 saturated heterocycles. The van der Waals surface area contributed by atoms with Crippen LogP contribution in [0.2, 0.25) is 0 Å². The fraction of sp³-hybridized carbons (Fsp3) is 0.167. The normalized spacial score (nSPS) is 36.3. The number of alkyl halides is 1. The summed E-state index contributed by atoms with van der Waals surface area (Å²) in [6.07, 6.45) is 7.32. The van der Waals surface area contributed by atoms with Crippen molar-refractivity contribution in [3.05, 3.63) is 23.9 Å². The third kappa shape index (κ3) is 0.537. The van der Waals surface area contributed by atoms with Gasteiger partial charge < -0.3 is 5.32 Å². The van der Waals surface area contributed by atoms with E-state index in [9.17, 15) is 0 Å². The number of nitrogens with one attached hydrogen (secondary N) is 1. The average Bonchev–Trinajstić information content (AvgIpc) is 2.22. The van der Waals surface area contributed by atoms with Crippen molar-refractivity contribution in [3.8, 4) is 0 Å². The predicted octanol–water partition coefficient (Wildman–Crippen LogP) is 1.01. The molecule has 2 heterocycles. The van der Waals surface area contributed by atoms with Crippen molar-refractivity contribution in [2.45, 2.75) is 5.12 Å². The zero-order valence-corrected chi connectivity index (χ0v) is 5.39. The largest absolute Gasteiger partial charge is 0.351 e. The molecule has 46 valence electrons. The lowest BCUT2D eigenvalue weighted by Crippen LogP contribution is -2.29. The monoisotopic (exact) mass is 140 g/mol. The van der Waals surface area contributed by atoms with Crippen molar-refractivity contribution in [1.82, 2.24) is 5.32 Å². The summed E-state index contributed by atoms with van der Waals surface area (Å²) < 4.78 is 0. The maximum Gasteiger partial charge on any atom is 0.232 e. The number of halogens is 1. The predicted molar refractivity (Wildman–Crippen MR) is 37.4 cm³/mol. The van der Waals surface area contributed by atoms with E-state index in [-0.39, 0.29) is 0 Å². The average molecular weight is 141 g/mol. The second kappa shape index (κ2) is 1.39. The number of hydrogen-bond donors (Lipinski definition) is 1. The molecule has 2 rings (SSSR count). The van der Waals surface area contributed by atoms with E-state index in [1.165, 1.54) is 0 Å². The number of nitrogens with zero attached hydrogens (tertiary/aromatic N) is 1. The molecule has 1 atom stereocenters. The van der Waals surface area contributed by atoms with E-state index in [2.05, 4.69) is 10.3 Å². The third-order valence-corrected chi connectivity index (χ3v) is 1.85. The quantitative estimate of drug-likeness (QED) is 0.394. The number of allylic oxidation sites excluding steroid dienone is 1. The molecule has 0 amide bonds. The first-order valence-electron chi connectivity index (χ1n) is 2.70. The number of fused-ring (bicyclic) bond motifs is 1. The molecule has 2 nitrogen and oxygen atoms in total. The zero-order chi connectivity index (χ0) is 6.32. The molecule has 2 aliphatic rings. The van der Waals surface area contributed by atoms with Gasteiger partial charge in [-0.1, -0.05) is 11.6 Å². The highest BCUT2D eigenvalue weighted by Crippen LogP contribution is 2.31. The van der Waals surface area contributed by atoms with Crippen LogP contribution in [0.25, 0.3) is 0 Å². The smallest absolute Gasteiger partial charge is 0.232 e. The Kier molecular flexibility index (Phi) is 0.781. The van der Waals surface area contributed by atoms with Crippen LogP contribution < -0.4 is 5.32 Å². The van der Waals surface area contributed by atoms with E-state index < -0.39 is 5.12 Å². The van der Waals surface area contributed by atoms with E-state index in [1.807, 2.05) is 12.2 Å². The van der Waals surface area contributed by atoms with Crippen LogP contribution in [0.5, 0.6) is 0 Å². The van der Waals surface area contributed by atoms with E-state index in [0.717, 1.165) is 5.57 Å². The number of aliphatic imine (C=N–C) groups is 1. The summed E-state index contributed by atoms with van der Waals surface area (Å²) in [5, 5.41) is 2.26. The summed E-state index contributed by atoms with van der Waals surface area (Å²) in [7, 11) is 0. The SMILES string of the molecule is ClC12N=CC=C1C=CN2. The van der Waals surface area contributed by atoms with Crippen molar-refractivity contribution in [3.63, 3.8) is 0 Å². The molecule has 0 bridgehead atoms. The summed E-state index contributed by atoms with van der Waals surface area (Å²) in [5.74, 6) is 0. The Labute approximate surface area is 57.9 Å². The van der Waals surface area contributed by atoms with Gasteiger partial charge in [0, 0.05) is 18.0 Å². The second-order valence-electron chi connectivity index (χ2n) is 2.00. The van der Waals surface area contributed by atoms with Gasteiger partial charge in [0.25, 0.3) is 0 Å². The highest BCUT2D eigenvalue weighted by molar-refractivity contribution is 6.27. The van der Waals surface area contributed by atoms with Crippen LogP contribution in [0.3, 0.4) is 0 Å². The summed E-state index contributed by atoms with van der Waals surface area (Å²) in [4.78, 5) is 4.00. The lowest BCUT2D eigenvalue weighted by Gasteiger charge is -2.14. The third-order valence-electron chi connectivity index (χ3n) is 1.43. The Morgan fingerprint density at radius 3 is 3.33 bits per heavy atom. The molecule has 0 aromatic carbocycles. The summed E-state index contributed by atoms with van der Waals surface area (Å²) in [6, 6.07) is 0. The number of hydrogen-bond acceptors (Lipinski definition) is 2. The minimum absolute atomic E-state index is 0.653. The molecule has 0 saturated carbocycles. The van der Waals surface area contributed by atoms with Gasteiger partial charge in [-0.05, 0) is 12.2 Å². The van der Waals surface area contributed by atoms with Crippen LogP contribution in [-0.2, 0) is 0 Å². The molecule has 0 spiro atoms. The molecule has 0 aromatic heterocycles. The van der Waals surface area contributed by atoms with E-state index in [0.29, 0.717) is 0 Å². The van der Waals surface area contributed by atoms with Crippen LogP contribution in [0.4, 0.5) is 0 Å². The van der Waals surface area contributed by atoms with Crippen LogP contribution in [-0.4, -0.2) is 11.3 Å². The first kappa shape index (κ1) is 5.06. The van der Waals surface area contributed by atoms with Crippen LogP contribution in [0.15, 0.2) is 28.9 Å². The molecule has 1 N–H and O–H groups in total. The standard InChI is InChI=1S/C6H5ClN2/c7-6-5(1-3-8-6)2-4-9-6/h1-4,8H. The Bertz CT molecular complexity index is 229. The van der Waals surface area contributed by atoms with E-state index in [1.54, 1.807) is 12.4 Å². The maximum absolute atomic E-state index is 5.93. The minimum Gasteiger partial charge on any atom is -0.351 e. The van der Waals surface area contributed by atoms with Crippen LogP contribution in [0, 0.1) is 0 Å². The Hall–Kier alpha value is -0.760. The van der Waals surface area contributed by atoms with Gasteiger partial charge in [-0.2, -0.15) is 0 Å². The van der Waals surface area contributed by atoms with Crippen molar-refractivity contribution in [2.24, 2.45) is 4.99 Å². The van der Waals surface area contributed by atoms with Gasteiger partial charge in [-0.3, -0.25) is 0 Å². The molecule has 3 heteroatoms. The molecule has 0 fully saturated rings. The molecule has 1 unspecified atom stereocenters. The molecular formula is C6H5ClN2. The van der Waals surface area contributed by atoms with Crippen molar-refractivity contribution >= 4 is 17.8 Å². The summed E-state index contributed by atoms with van der Waals surface area (Å²) >= 11 is 5.93. The van der Waals surface area contributed by atoms with E-state index >= 15 is 0 Å². The highest BCUT2D eigenvalue weighted by Gasteiger charge is 2.33. The number of rotatable bonds is 0. The minimum atomic E-state index is -0.653. The van der Waals surface area contributed by atoms with Crippen molar-refractivity contribution in [1.29, 1.82) is 0 Å². The topological polar surface area (TPSA) is 24.4 Å². The molecule has 9 heavy (non-hydrogen) atoms. The molecule has 0 aromatic rings. The molecule has 0 radical (unpaired) electrons. The fourth-order valence-electron chi connectivity index (χ4n) is 0.934. The second-order valence-corrected chi connectivity index (χ2v) is 2.55. The van der Waals surface area contributed by atoms with Gasteiger partial charge >= 0.3 is 0 Å². The van der Waals surface area contributed by atoms with Crippen molar-refractivity contribution < 1.29 is 0 Å². The van der Waals surface area contributed by atoms with Gasteiger partial charge in [-0.25, -0.2) is 4.99 Å². The maximum atomic E-state index is 5.93. The lowest BCUT2D eigenvalue weighted by molar-refractivity contribution is 0.679. The lowest BCUT2D eigenvalue weighted by atomic mass is 10.2. The molecule has 2 aliphatic heterocycles. The summed E-state index contributed by atoms with van der Waals surface area (Å²) in [6.45, 7) is 0. The van der Waals surface area contributed by atoms with Crippen LogP contribution in [0.1, 0.15) is 0 Å².